The number of benzene rings is 1. The van der Waals surface area contributed by atoms with E-state index in [9.17, 15) is 4.79 Å². The predicted octanol–water partition coefficient (Wildman–Crippen LogP) is 4.57. The molecule has 1 aliphatic carbocycles. The Morgan fingerprint density at radius 3 is 2.56 bits per heavy atom. The number of hydrogen-bond acceptors (Lipinski definition) is 6. The van der Waals surface area contributed by atoms with Crippen LogP contribution in [-0.4, -0.2) is 32.6 Å². The second kappa shape index (κ2) is 10.0. The highest BCUT2D eigenvalue weighted by molar-refractivity contribution is 5.93. The van der Waals surface area contributed by atoms with Crippen molar-refractivity contribution in [3.05, 3.63) is 76.5 Å². The Kier molecular flexibility index (Phi) is 6.51. The molecule has 0 fully saturated rings. The number of unbranched alkanes of at least 4 members (excludes halogenated alkanes) is 1. The van der Waals surface area contributed by atoms with Gasteiger partial charge in [0, 0.05) is 60.9 Å². The molecule has 0 saturated heterocycles. The summed E-state index contributed by atoms with van der Waals surface area (Å²) in [4.78, 5) is 26.0. The topological polar surface area (TPSA) is 84.7 Å². The molecule has 2 N–H and O–H groups in total. The molecule has 5 rings (SSSR count). The van der Waals surface area contributed by atoms with Gasteiger partial charge in [-0.2, -0.15) is 0 Å². The van der Waals surface area contributed by atoms with E-state index in [1.807, 2.05) is 12.1 Å². The standard InChI is InChI=1S/C27H30N6O/c1-33-25(34)18-24(19-12-16-28-17-13-19)32-27(33)30-15-7-6-14-29-26-20-8-2-4-10-22(20)31-23-11-5-3-9-21(23)26/h2,4,8,10,12-13,16-18H,3,5-7,9,11,14-15H2,1H3,(H,29,31)(H,30,32). The summed E-state index contributed by atoms with van der Waals surface area (Å²) in [5.74, 6) is 0.585. The Bertz CT molecular complexity index is 1350. The van der Waals surface area contributed by atoms with Gasteiger partial charge in [-0.3, -0.25) is 19.3 Å². The average Bonchev–Trinajstić information content (AvgIpc) is 2.88. The minimum Gasteiger partial charge on any atom is -0.384 e. The van der Waals surface area contributed by atoms with Crippen molar-refractivity contribution in [3.63, 3.8) is 0 Å². The zero-order valence-corrected chi connectivity index (χ0v) is 19.6. The van der Waals surface area contributed by atoms with Crippen molar-refractivity contribution in [2.75, 3.05) is 23.7 Å². The van der Waals surface area contributed by atoms with Crippen LogP contribution in [0.2, 0.25) is 0 Å². The van der Waals surface area contributed by atoms with Gasteiger partial charge in [-0.1, -0.05) is 18.2 Å². The van der Waals surface area contributed by atoms with E-state index in [0.717, 1.165) is 49.9 Å². The number of aryl methyl sites for hydroxylation is 1. The lowest BCUT2D eigenvalue weighted by atomic mass is 9.92. The summed E-state index contributed by atoms with van der Waals surface area (Å²) in [6, 6.07) is 13.7. The van der Waals surface area contributed by atoms with E-state index in [4.69, 9.17) is 4.98 Å². The summed E-state index contributed by atoms with van der Waals surface area (Å²) in [5.41, 5.74) is 6.46. The van der Waals surface area contributed by atoms with Crippen LogP contribution in [0.3, 0.4) is 0 Å². The highest BCUT2D eigenvalue weighted by Gasteiger charge is 2.17. The van der Waals surface area contributed by atoms with Crippen molar-refractivity contribution in [1.29, 1.82) is 0 Å². The molecule has 0 atom stereocenters. The van der Waals surface area contributed by atoms with E-state index in [1.165, 1.54) is 35.2 Å². The number of nitrogens with one attached hydrogen (secondary N) is 2. The van der Waals surface area contributed by atoms with Crippen LogP contribution in [0.25, 0.3) is 22.2 Å². The molecule has 1 aliphatic rings. The van der Waals surface area contributed by atoms with Crippen LogP contribution in [0.5, 0.6) is 0 Å². The quantitative estimate of drug-likeness (QED) is 0.379. The predicted molar refractivity (Wildman–Crippen MR) is 137 cm³/mol. The number of rotatable bonds is 8. The van der Waals surface area contributed by atoms with Gasteiger partial charge in [0.25, 0.3) is 5.56 Å². The van der Waals surface area contributed by atoms with E-state index in [0.29, 0.717) is 11.6 Å². The third-order valence-electron chi connectivity index (χ3n) is 6.47. The van der Waals surface area contributed by atoms with Crippen LogP contribution in [0.15, 0.2) is 59.7 Å². The Labute approximate surface area is 199 Å². The van der Waals surface area contributed by atoms with Crippen molar-refractivity contribution in [2.24, 2.45) is 7.05 Å². The van der Waals surface area contributed by atoms with E-state index in [1.54, 1.807) is 30.1 Å². The average molecular weight is 455 g/mol. The molecule has 3 heterocycles. The molecule has 4 aromatic rings. The van der Waals surface area contributed by atoms with Gasteiger partial charge < -0.3 is 10.6 Å². The lowest BCUT2D eigenvalue weighted by molar-refractivity contribution is 0.671. The van der Waals surface area contributed by atoms with Crippen molar-refractivity contribution in [2.45, 2.75) is 38.5 Å². The molecule has 7 nitrogen and oxygen atoms in total. The third-order valence-corrected chi connectivity index (χ3v) is 6.47. The fourth-order valence-electron chi connectivity index (χ4n) is 4.61. The largest absolute Gasteiger partial charge is 0.384 e. The van der Waals surface area contributed by atoms with Crippen LogP contribution >= 0.6 is 0 Å². The maximum Gasteiger partial charge on any atom is 0.255 e. The Balaban J connectivity index is 1.21. The summed E-state index contributed by atoms with van der Waals surface area (Å²) in [7, 11) is 1.74. The van der Waals surface area contributed by atoms with Gasteiger partial charge in [-0.25, -0.2) is 4.98 Å². The molecular formula is C27H30N6O. The van der Waals surface area contributed by atoms with E-state index >= 15 is 0 Å². The molecular weight excluding hydrogens is 424 g/mol. The second-order valence-corrected chi connectivity index (χ2v) is 8.80. The lowest BCUT2D eigenvalue weighted by Crippen LogP contribution is -2.22. The molecule has 0 radical (unpaired) electrons. The zero-order chi connectivity index (χ0) is 23.3. The molecule has 3 aromatic heterocycles. The van der Waals surface area contributed by atoms with Crippen molar-refractivity contribution < 1.29 is 0 Å². The number of fused-ring (bicyclic) bond motifs is 2. The number of anilines is 2. The molecule has 0 bridgehead atoms. The van der Waals surface area contributed by atoms with Crippen LogP contribution in [0, 0.1) is 0 Å². The Morgan fingerprint density at radius 2 is 1.71 bits per heavy atom. The SMILES string of the molecule is Cn1c(NCCCCNc2c3c(nc4ccccc24)CCCC3)nc(-c2ccncc2)cc1=O. The zero-order valence-electron chi connectivity index (χ0n) is 19.6. The van der Waals surface area contributed by atoms with Crippen LogP contribution in [0.1, 0.15) is 36.9 Å². The second-order valence-electron chi connectivity index (χ2n) is 8.80. The maximum atomic E-state index is 12.4. The minimum absolute atomic E-state index is 0.0830. The van der Waals surface area contributed by atoms with Crippen molar-refractivity contribution in [3.8, 4) is 11.3 Å². The number of aromatic nitrogens is 4. The fraction of sp³-hybridized carbons (Fsp3) is 0.333. The number of para-hydroxylation sites is 1. The maximum absolute atomic E-state index is 12.4. The molecule has 0 saturated carbocycles. The highest BCUT2D eigenvalue weighted by Crippen LogP contribution is 2.33. The Hall–Kier alpha value is -3.74. The summed E-state index contributed by atoms with van der Waals surface area (Å²) >= 11 is 0. The molecule has 34 heavy (non-hydrogen) atoms. The molecule has 174 valence electrons. The van der Waals surface area contributed by atoms with E-state index in [2.05, 4.69) is 44.9 Å². The molecule has 0 aliphatic heterocycles. The fourth-order valence-corrected chi connectivity index (χ4v) is 4.61. The van der Waals surface area contributed by atoms with Gasteiger partial charge in [0.05, 0.1) is 11.2 Å². The minimum atomic E-state index is -0.0830. The van der Waals surface area contributed by atoms with Gasteiger partial charge >= 0.3 is 0 Å². The summed E-state index contributed by atoms with van der Waals surface area (Å²) in [6.45, 7) is 1.64. The Morgan fingerprint density at radius 1 is 0.941 bits per heavy atom. The van der Waals surface area contributed by atoms with Gasteiger partial charge in [0.2, 0.25) is 5.95 Å². The normalized spacial score (nSPS) is 13.0. The van der Waals surface area contributed by atoms with Crippen LogP contribution in [0.4, 0.5) is 11.6 Å². The van der Waals surface area contributed by atoms with Crippen LogP contribution in [-0.2, 0) is 19.9 Å². The molecule has 1 aromatic carbocycles. The summed E-state index contributed by atoms with van der Waals surface area (Å²) in [6.07, 6.45) is 10.0. The number of pyridine rings is 2. The van der Waals surface area contributed by atoms with Gasteiger partial charge in [-0.05, 0) is 62.3 Å². The first-order chi connectivity index (χ1) is 16.7. The molecule has 0 spiro atoms. The lowest BCUT2D eigenvalue weighted by Gasteiger charge is -2.21. The van der Waals surface area contributed by atoms with Gasteiger partial charge in [0.15, 0.2) is 0 Å². The first-order valence-corrected chi connectivity index (χ1v) is 12.1. The van der Waals surface area contributed by atoms with Crippen molar-refractivity contribution in [1.82, 2.24) is 19.5 Å². The summed E-state index contributed by atoms with van der Waals surface area (Å²) in [5, 5.41) is 8.28. The highest BCUT2D eigenvalue weighted by atomic mass is 16.1. The van der Waals surface area contributed by atoms with E-state index in [-0.39, 0.29) is 5.56 Å². The summed E-state index contributed by atoms with van der Waals surface area (Å²) < 4.78 is 1.55. The third kappa shape index (κ3) is 4.64. The molecule has 0 amide bonds. The van der Waals surface area contributed by atoms with Gasteiger partial charge in [0.1, 0.15) is 0 Å². The van der Waals surface area contributed by atoms with Crippen molar-refractivity contribution >= 4 is 22.5 Å². The smallest absolute Gasteiger partial charge is 0.255 e. The van der Waals surface area contributed by atoms with Crippen LogP contribution < -0.4 is 16.2 Å². The monoisotopic (exact) mass is 454 g/mol. The number of hydrogen-bond donors (Lipinski definition) is 2. The first-order valence-electron chi connectivity index (χ1n) is 12.1. The molecule has 7 heteroatoms. The first kappa shape index (κ1) is 22.1. The number of nitrogens with zero attached hydrogens (tertiary/aromatic N) is 4. The van der Waals surface area contributed by atoms with E-state index < -0.39 is 0 Å². The molecule has 0 unspecified atom stereocenters. The van der Waals surface area contributed by atoms with Gasteiger partial charge in [-0.15, -0.1) is 0 Å².